The highest BCUT2D eigenvalue weighted by Crippen LogP contribution is 2.53. The van der Waals surface area contributed by atoms with Gasteiger partial charge in [-0.1, -0.05) is 48.0 Å². The zero-order valence-electron chi connectivity index (χ0n) is 10.4. The largest absolute Gasteiger partial charge is 0.324 e. The van der Waals surface area contributed by atoms with Crippen LogP contribution in [-0.4, -0.2) is 0 Å². The van der Waals surface area contributed by atoms with Gasteiger partial charge < -0.3 is 5.73 Å². The molecule has 3 rings (SSSR count). The zero-order valence-corrected chi connectivity index (χ0v) is 11.1. The van der Waals surface area contributed by atoms with Gasteiger partial charge in [-0.05, 0) is 41.5 Å². The topological polar surface area (TPSA) is 26.0 Å². The summed E-state index contributed by atoms with van der Waals surface area (Å²) < 4.78 is 13.1. The summed E-state index contributed by atoms with van der Waals surface area (Å²) in [6, 6.07) is 15.1. The highest BCUT2D eigenvalue weighted by molar-refractivity contribution is 6.30. The van der Waals surface area contributed by atoms with Crippen LogP contribution < -0.4 is 5.73 Å². The molecule has 1 nitrogen and oxygen atoms in total. The van der Waals surface area contributed by atoms with E-state index in [0.29, 0.717) is 11.8 Å². The van der Waals surface area contributed by atoms with Gasteiger partial charge >= 0.3 is 0 Å². The molecule has 0 heterocycles. The van der Waals surface area contributed by atoms with Crippen molar-refractivity contribution in [3.05, 3.63) is 70.5 Å². The maximum absolute atomic E-state index is 13.1. The van der Waals surface area contributed by atoms with E-state index in [-0.39, 0.29) is 11.1 Å². The Bertz CT molecular complexity index is 585. The van der Waals surface area contributed by atoms with Crippen molar-refractivity contribution in [3.8, 4) is 0 Å². The molecule has 3 atom stereocenters. The molecule has 0 bridgehead atoms. The molecule has 19 heavy (non-hydrogen) atoms. The minimum atomic E-state index is -0.395. The molecule has 1 fully saturated rings. The van der Waals surface area contributed by atoms with Crippen molar-refractivity contribution < 1.29 is 4.39 Å². The molecular weight excluding hydrogens is 261 g/mol. The Morgan fingerprint density at radius 3 is 2.58 bits per heavy atom. The standard InChI is InChI=1S/C16H15ClFN/c17-14-8-11(6-7-15(14)18)16(19)13-9-12(13)10-4-2-1-3-5-10/h1-8,12-13,16H,9,19H2. The average Bonchev–Trinajstić information content (AvgIpc) is 3.22. The number of nitrogens with two attached hydrogens (primary N) is 1. The molecule has 1 aliphatic carbocycles. The summed E-state index contributed by atoms with van der Waals surface area (Å²) in [5, 5.41) is 0.143. The summed E-state index contributed by atoms with van der Waals surface area (Å²) >= 11 is 5.81. The predicted molar refractivity (Wildman–Crippen MR) is 75.6 cm³/mol. The van der Waals surface area contributed by atoms with Crippen molar-refractivity contribution >= 4 is 11.6 Å². The smallest absolute Gasteiger partial charge is 0.141 e. The van der Waals surface area contributed by atoms with Crippen molar-refractivity contribution in [2.24, 2.45) is 11.7 Å². The molecule has 0 spiro atoms. The molecule has 1 aliphatic rings. The van der Waals surface area contributed by atoms with Crippen LogP contribution in [0.5, 0.6) is 0 Å². The van der Waals surface area contributed by atoms with Crippen molar-refractivity contribution in [1.29, 1.82) is 0 Å². The first-order valence-electron chi connectivity index (χ1n) is 6.42. The predicted octanol–water partition coefficient (Wildman–Crippen LogP) is 4.28. The third kappa shape index (κ3) is 2.51. The Labute approximate surface area is 117 Å². The van der Waals surface area contributed by atoms with Crippen LogP contribution in [0.1, 0.15) is 29.5 Å². The Hall–Kier alpha value is -1.38. The maximum atomic E-state index is 13.1. The fourth-order valence-corrected chi connectivity index (χ4v) is 2.85. The lowest BCUT2D eigenvalue weighted by Crippen LogP contribution is -2.13. The van der Waals surface area contributed by atoms with Crippen molar-refractivity contribution in [1.82, 2.24) is 0 Å². The average molecular weight is 276 g/mol. The minimum absolute atomic E-state index is 0.0803. The lowest BCUT2D eigenvalue weighted by molar-refractivity contribution is 0.604. The molecule has 3 unspecified atom stereocenters. The Morgan fingerprint density at radius 1 is 1.16 bits per heavy atom. The fraction of sp³-hybridized carbons (Fsp3) is 0.250. The van der Waals surface area contributed by atoms with Crippen molar-refractivity contribution in [2.45, 2.75) is 18.4 Å². The van der Waals surface area contributed by atoms with E-state index >= 15 is 0 Å². The van der Waals surface area contributed by atoms with Crippen LogP contribution in [-0.2, 0) is 0 Å². The summed E-state index contributed by atoms with van der Waals surface area (Å²) in [5.41, 5.74) is 8.51. The van der Waals surface area contributed by atoms with Crippen LogP contribution in [0, 0.1) is 11.7 Å². The molecule has 3 heteroatoms. The number of hydrogen-bond acceptors (Lipinski definition) is 1. The normalized spacial score (nSPS) is 23.1. The monoisotopic (exact) mass is 275 g/mol. The van der Waals surface area contributed by atoms with Gasteiger partial charge in [0.05, 0.1) is 5.02 Å². The Morgan fingerprint density at radius 2 is 1.89 bits per heavy atom. The minimum Gasteiger partial charge on any atom is -0.324 e. The van der Waals surface area contributed by atoms with Gasteiger partial charge in [-0.15, -0.1) is 0 Å². The van der Waals surface area contributed by atoms with Gasteiger partial charge in [0.15, 0.2) is 0 Å². The molecule has 2 N–H and O–H groups in total. The molecule has 1 saturated carbocycles. The second kappa shape index (κ2) is 4.95. The van der Waals surface area contributed by atoms with Gasteiger partial charge in [0, 0.05) is 6.04 Å². The molecule has 2 aromatic carbocycles. The van der Waals surface area contributed by atoms with E-state index in [4.69, 9.17) is 17.3 Å². The van der Waals surface area contributed by atoms with Crippen molar-refractivity contribution in [2.75, 3.05) is 0 Å². The third-order valence-corrected chi connectivity index (χ3v) is 4.15. The molecule has 0 aromatic heterocycles. The molecule has 0 amide bonds. The first-order chi connectivity index (χ1) is 9.16. The summed E-state index contributed by atoms with van der Waals surface area (Å²) in [4.78, 5) is 0. The van der Waals surface area contributed by atoms with E-state index in [0.717, 1.165) is 12.0 Å². The van der Waals surface area contributed by atoms with E-state index < -0.39 is 5.82 Å². The van der Waals surface area contributed by atoms with Gasteiger partial charge in [-0.2, -0.15) is 0 Å². The van der Waals surface area contributed by atoms with Gasteiger partial charge in [0.25, 0.3) is 0 Å². The van der Waals surface area contributed by atoms with Gasteiger partial charge in [0.1, 0.15) is 5.82 Å². The van der Waals surface area contributed by atoms with Crippen LogP contribution in [0.2, 0.25) is 5.02 Å². The second-order valence-corrected chi connectivity index (χ2v) is 5.52. The van der Waals surface area contributed by atoms with E-state index in [1.165, 1.54) is 11.6 Å². The lowest BCUT2D eigenvalue weighted by Gasteiger charge is -2.12. The summed E-state index contributed by atoms with van der Waals surface area (Å²) in [7, 11) is 0. The van der Waals surface area contributed by atoms with E-state index in [1.54, 1.807) is 12.1 Å². The van der Waals surface area contributed by atoms with Gasteiger partial charge in [-0.3, -0.25) is 0 Å². The third-order valence-electron chi connectivity index (χ3n) is 3.86. The van der Waals surface area contributed by atoms with E-state index in [9.17, 15) is 4.39 Å². The lowest BCUT2D eigenvalue weighted by atomic mass is 9.99. The maximum Gasteiger partial charge on any atom is 0.141 e. The van der Waals surface area contributed by atoms with Crippen molar-refractivity contribution in [3.63, 3.8) is 0 Å². The second-order valence-electron chi connectivity index (χ2n) is 5.12. The molecule has 0 aliphatic heterocycles. The summed E-state index contributed by atoms with van der Waals surface area (Å²) in [6.45, 7) is 0. The van der Waals surface area contributed by atoms with E-state index in [1.807, 2.05) is 18.2 Å². The Kier molecular flexibility index (Phi) is 3.29. The highest BCUT2D eigenvalue weighted by Gasteiger charge is 2.42. The molecule has 98 valence electrons. The molecule has 0 radical (unpaired) electrons. The van der Waals surface area contributed by atoms with Crippen LogP contribution >= 0.6 is 11.6 Å². The fourth-order valence-electron chi connectivity index (χ4n) is 2.66. The molecule has 0 saturated heterocycles. The van der Waals surface area contributed by atoms with Crippen LogP contribution in [0.4, 0.5) is 4.39 Å². The number of hydrogen-bond donors (Lipinski definition) is 1. The van der Waals surface area contributed by atoms with Gasteiger partial charge in [-0.25, -0.2) is 4.39 Å². The summed E-state index contributed by atoms with van der Waals surface area (Å²) in [6.07, 6.45) is 1.08. The van der Waals surface area contributed by atoms with E-state index in [2.05, 4.69) is 12.1 Å². The summed E-state index contributed by atoms with van der Waals surface area (Å²) in [5.74, 6) is 0.539. The SMILES string of the molecule is NC(c1ccc(F)c(Cl)c1)C1CC1c1ccccc1. The number of benzene rings is 2. The Balaban J connectivity index is 1.76. The zero-order chi connectivity index (χ0) is 13.4. The molecule has 2 aromatic rings. The quantitative estimate of drug-likeness (QED) is 0.889. The van der Waals surface area contributed by atoms with Crippen LogP contribution in [0.25, 0.3) is 0 Å². The first kappa shape index (κ1) is 12.6. The number of rotatable bonds is 3. The number of halogens is 2. The van der Waals surface area contributed by atoms with Gasteiger partial charge in [0.2, 0.25) is 0 Å². The highest BCUT2D eigenvalue weighted by atomic mass is 35.5. The molecular formula is C16H15ClFN. The first-order valence-corrected chi connectivity index (χ1v) is 6.80. The van der Waals surface area contributed by atoms with Crippen LogP contribution in [0.15, 0.2) is 48.5 Å². The van der Waals surface area contributed by atoms with Crippen LogP contribution in [0.3, 0.4) is 0 Å².